The number of carbonyl (C=O) groups excluding carboxylic acids is 1. The number of ether oxygens (including phenoxy) is 1. The number of hydroxylamine groups is 1. The van der Waals surface area contributed by atoms with Gasteiger partial charge >= 0.3 is 0 Å². The molecule has 0 spiro atoms. The van der Waals surface area contributed by atoms with Gasteiger partial charge in [0.1, 0.15) is 11.6 Å². The number of hydrogen-bond donors (Lipinski definition) is 1. The van der Waals surface area contributed by atoms with E-state index in [0.29, 0.717) is 15.8 Å². The van der Waals surface area contributed by atoms with E-state index in [4.69, 9.17) is 32.8 Å². The molecule has 122 valence electrons. The third kappa shape index (κ3) is 5.39. The normalized spacial score (nSPS) is 11.8. The van der Waals surface area contributed by atoms with E-state index in [-0.39, 0.29) is 12.4 Å². The zero-order valence-electron chi connectivity index (χ0n) is 12.2. The number of carbonyl (C=O) groups is 1. The van der Waals surface area contributed by atoms with Crippen LogP contribution in [0.25, 0.3) is 0 Å². The van der Waals surface area contributed by atoms with Gasteiger partial charge in [0.05, 0.1) is 11.6 Å². The molecule has 0 aliphatic rings. The molecule has 7 heteroatoms. The van der Waals surface area contributed by atoms with Crippen molar-refractivity contribution in [1.82, 2.24) is 5.48 Å². The molecule has 0 heterocycles. The van der Waals surface area contributed by atoms with E-state index in [9.17, 15) is 9.18 Å². The number of rotatable bonds is 6. The second-order valence-electron chi connectivity index (χ2n) is 4.72. The van der Waals surface area contributed by atoms with Crippen molar-refractivity contribution in [2.45, 2.75) is 19.6 Å². The van der Waals surface area contributed by atoms with Crippen LogP contribution in [0.5, 0.6) is 5.75 Å². The van der Waals surface area contributed by atoms with Gasteiger partial charge in [0.2, 0.25) is 0 Å². The van der Waals surface area contributed by atoms with E-state index in [0.717, 1.165) is 5.56 Å². The number of hydrogen-bond acceptors (Lipinski definition) is 3. The van der Waals surface area contributed by atoms with E-state index >= 15 is 0 Å². The van der Waals surface area contributed by atoms with Crippen LogP contribution < -0.4 is 10.2 Å². The summed E-state index contributed by atoms with van der Waals surface area (Å²) >= 11 is 11.8. The monoisotopic (exact) mass is 357 g/mol. The topological polar surface area (TPSA) is 47.6 Å². The molecule has 0 saturated heterocycles. The lowest BCUT2D eigenvalue weighted by molar-refractivity contribution is -0.141. The van der Waals surface area contributed by atoms with Crippen LogP contribution >= 0.6 is 23.2 Å². The molecule has 2 rings (SSSR count). The Morgan fingerprint density at radius 3 is 2.57 bits per heavy atom. The lowest BCUT2D eigenvalue weighted by Gasteiger charge is -2.15. The molecule has 23 heavy (non-hydrogen) atoms. The van der Waals surface area contributed by atoms with E-state index in [2.05, 4.69) is 5.48 Å². The highest BCUT2D eigenvalue weighted by Crippen LogP contribution is 2.28. The average molecular weight is 358 g/mol. The molecule has 4 nitrogen and oxygen atoms in total. The predicted molar refractivity (Wildman–Crippen MR) is 85.9 cm³/mol. The third-order valence-electron chi connectivity index (χ3n) is 2.89. The molecule has 0 aromatic heterocycles. The van der Waals surface area contributed by atoms with Gasteiger partial charge in [-0.25, -0.2) is 9.87 Å². The SMILES string of the molecule is CC(Oc1ccc(Cl)cc1Cl)C(=O)NOCc1ccc(F)cc1. The Bertz CT molecular complexity index is 680. The summed E-state index contributed by atoms with van der Waals surface area (Å²) in [6, 6.07) is 10.5. The van der Waals surface area contributed by atoms with Crippen molar-refractivity contribution in [3.63, 3.8) is 0 Å². The first-order chi connectivity index (χ1) is 11.0. The van der Waals surface area contributed by atoms with Crippen molar-refractivity contribution in [3.05, 3.63) is 63.9 Å². The summed E-state index contributed by atoms with van der Waals surface area (Å²) in [5.41, 5.74) is 2.99. The summed E-state index contributed by atoms with van der Waals surface area (Å²) in [5, 5.41) is 0.784. The van der Waals surface area contributed by atoms with Crippen LogP contribution in [0, 0.1) is 5.82 Å². The Balaban J connectivity index is 1.81. The first-order valence-corrected chi connectivity index (χ1v) is 7.49. The molecule has 0 bridgehead atoms. The maximum Gasteiger partial charge on any atom is 0.284 e. The Morgan fingerprint density at radius 2 is 1.91 bits per heavy atom. The summed E-state index contributed by atoms with van der Waals surface area (Å²) in [4.78, 5) is 17.0. The first kappa shape index (κ1) is 17.5. The Kier molecular flexibility index (Phi) is 6.21. The standard InChI is InChI=1S/C16H14Cl2FNO3/c1-10(23-15-7-4-12(17)8-14(15)18)16(21)20-22-9-11-2-5-13(19)6-3-11/h2-8,10H,9H2,1H3,(H,20,21). The molecule has 2 aromatic rings. The molecule has 0 radical (unpaired) electrons. The predicted octanol–water partition coefficient (Wildman–Crippen LogP) is 4.15. The minimum Gasteiger partial charge on any atom is -0.479 e. The number of benzene rings is 2. The largest absolute Gasteiger partial charge is 0.479 e. The lowest BCUT2D eigenvalue weighted by Crippen LogP contribution is -2.36. The lowest BCUT2D eigenvalue weighted by atomic mass is 10.2. The molecule has 0 aliphatic heterocycles. The molecule has 0 fully saturated rings. The van der Waals surface area contributed by atoms with Crippen LogP contribution in [-0.4, -0.2) is 12.0 Å². The van der Waals surface area contributed by atoms with Gasteiger partial charge in [-0.3, -0.25) is 9.63 Å². The Hall–Kier alpha value is -1.82. The molecule has 1 unspecified atom stereocenters. The first-order valence-electron chi connectivity index (χ1n) is 6.73. The quantitative estimate of drug-likeness (QED) is 0.790. The molecule has 2 aromatic carbocycles. The zero-order chi connectivity index (χ0) is 16.8. The second-order valence-corrected chi connectivity index (χ2v) is 5.56. The Morgan fingerprint density at radius 1 is 1.22 bits per heavy atom. The van der Waals surface area contributed by atoms with Crippen LogP contribution in [0.3, 0.4) is 0 Å². The molecule has 1 amide bonds. The number of amides is 1. The summed E-state index contributed by atoms with van der Waals surface area (Å²) in [5.74, 6) is -0.463. The van der Waals surface area contributed by atoms with E-state index in [1.54, 1.807) is 31.2 Å². The van der Waals surface area contributed by atoms with Crippen molar-refractivity contribution in [3.8, 4) is 5.75 Å². The van der Waals surface area contributed by atoms with Gasteiger partial charge in [-0.05, 0) is 42.8 Å². The highest BCUT2D eigenvalue weighted by atomic mass is 35.5. The molecular formula is C16H14Cl2FNO3. The fraction of sp³-hybridized carbons (Fsp3) is 0.188. The van der Waals surface area contributed by atoms with Crippen molar-refractivity contribution in [2.75, 3.05) is 0 Å². The Labute approximate surface area is 143 Å². The summed E-state index contributed by atoms with van der Waals surface area (Å²) < 4.78 is 18.2. The van der Waals surface area contributed by atoms with Gasteiger partial charge in [-0.1, -0.05) is 35.3 Å². The van der Waals surface area contributed by atoms with Gasteiger partial charge in [0, 0.05) is 5.02 Å². The van der Waals surface area contributed by atoms with E-state index < -0.39 is 12.0 Å². The van der Waals surface area contributed by atoms with Gasteiger partial charge in [-0.2, -0.15) is 0 Å². The fourth-order valence-corrected chi connectivity index (χ4v) is 2.12. The molecular weight excluding hydrogens is 344 g/mol. The number of halogens is 3. The van der Waals surface area contributed by atoms with Crippen LogP contribution in [0.1, 0.15) is 12.5 Å². The van der Waals surface area contributed by atoms with Gasteiger partial charge in [0.15, 0.2) is 6.10 Å². The van der Waals surface area contributed by atoms with Crippen LogP contribution in [0.4, 0.5) is 4.39 Å². The molecule has 0 aliphatic carbocycles. The number of nitrogens with one attached hydrogen (secondary N) is 1. The zero-order valence-corrected chi connectivity index (χ0v) is 13.7. The summed E-state index contributed by atoms with van der Waals surface area (Å²) in [6.45, 7) is 1.67. The minimum atomic E-state index is -0.818. The minimum absolute atomic E-state index is 0.112. The molecule has 0 saturated carbocycles. The van der Waals surface area contributed by atoms with Crippen LogP contribution in [-0.2, 0) is 16.2 Å². The molecule has 1 atom stereocenters. The summed E-state index contributed by atoms with van der Waals surface area (Å²) in [7, 11) is 0. The van der Waals surface area contributed by atoms with Crippen LogP contribution in [0.15, 0.2) is 42.5 Å². The fourth-order valence-electron chi connectivity index (χ4n) is 1.67. The van der Waals surface area contributed by atoms with E-state index in [1.165, 1.54) is 18.2 Å². The van der Waals surface area contributed by atoms with Gasteiger partial charge in [0.25, 0.3) is 5.91 Å². The van der Waals surface area contributed by atoms with Crippen molar-refractivity contribution >= 4 is 29.1 Å². The maximum absolute atomic E-state index is 12.8. The smallest absolute Gasteiger partial charge is 0.284 e. The van der Waals surface area contributed by atoms with Crippen molar-refractivity contribution in [1.29, 1.82) is 0 Å². The van der Waals surface area contributed by atoms with Crippen LogP contribution in [0.2, 0.25) is 10.0 Å². The highest BCUT2D eigenvalue weighted by molar-refractivity contribution is 6.35. The average Bonchev–Trinajstić information content (AvgIpc) is 2.51. The van der Waals surface area contributed by atoms with Crippen molar-refractivity contribution in [2.24, 2.45) is 0 Å². The highest BCUT2D eigenvalue weighted by Gasteiger charge is 2.16. The van der Waals surface area contributed by atoms with Gasteiger partial charge < -0.3 is 4.74 Å². The summed E-state index contributed by atoms with van der Waals surface area (Å²) in [6.07, 6.45) is -0.818. The van der Waals surface area contributed by atoms with E-state index in [1.807, 2.05) is 0 Å². The van der Waals surface area contributed by atoms with Gasteiger partial charge in [-0.15, -0.1) is 0 Å². The maximum atomic E-state index is 12.8. The van der Waals surface area contributed by atoms with Crippen molar-refractivity contribution < 1.29 is 18.8 Å². The second kappa shape index (κ2) is 8.15. The third-order valence-corrected chi connectivity index (χ3v) is 3.42. The molecule has 1 N–H and O–H groups in total.